The minimum Gasteiger partial charge on any atom is -0.309 e. The van der Waals surface area contributed by atoms with Gasteiger partial charge in [-0.1, -0.05) is 33.6 Å². The summed E-state index contributed by atoms with van der Waals surface area (Å²) < 4.78 is 25.1. The third kappa shape index (κ3) is 6.30. The van der Waals surface area contributed by atoms with Crippen molar-refractivity contribution in [2.75, 3.05) is 6.54 Å². The fourth-order valence-electron chi connectivity index (χ4n) is 1.65. The van der Waals surface area contributed by atoms with E-state index in [0.29, 0.717) is 18.9 Å². The predicted molar refractivity (Wildman–Crippen MR) is 56.8 cm³/mol. The molecular formula is C11H23F2N. The second kappa shape index (κ2) is 8.16. The van der Waals surface area contributed by atoms with Gasteiger partial charge in [-0.15, -0.1) is 0 Å². The topological polar surface area (TPSA) is 12.0 Å². The van der Waals surface area contributed by atoms with Gasteiger partial charge in [-0.2, -0.15) is 0 Å². The summed E-state index contributed by atoms with van der Waals surface area (Å²) in [5.41, 5.74) is 0. The Morgan fingerprint density at radius 1 is 1.14 bits per heavy atom. The molecule has 0 aliphatic rings. The molecular weight excluding hydrogens is 184 g/mol. The first-order valence-corrected chi connectivity index (χ1v) is 5.63. The van der Waals surface area contributed by atoms with Crippen molar-refractivity contribution in [3.05, 3.63) is 0 Å². The summed E-state index contributed by atoms with van der Waals surface area (Å²) in [5.74, 6) is 0.392. The smallest absolute Gasteiger partial charge is 0.253 e. The summed E-state index contributed by atoms with van der Waals surface area (Å²) in [6.45, 7) is 6.82. The molecule has 14 heavy (non-hydrogen) atoms. The average molecular weight is 207 g/mol. The van der Waals surface area contributed by atoms with Crippen molar-refractivity contribution in [3.8, 4) is 0 Å². The second-order valence-corrected chi connectivity index (χ2v) is 4.02. The van der Waals surface area contributed by atoms with Gasteiger partial charge in [-0.25, -0.2) is 8.78 Å². The van der Waals surface area contributed by atoms with Gasteiger partial charge in [0, 0.05) is 0 Å². The molecule has 0 aliphatic carbocycles. The molecule has 0 aromatic carbocycles. The zero-order chi connectivity index (χ0) is 11.0. The van der Waals surface area contributed by atoms with Crippen LogP contribution in [0.2, 0.25) is 0 Å². The number of hydrogen-bond acceptors (Lipinski definition) is 1. The summed E-state index contributed by atoms with van der Waals surface area (Å²) >= 11 is 0. The zero-order valence-corrected chi connectivity index (χ0v) is 9.52. The Kier molecular flexibility index (Phi) is 8.05. The molecule has 0 saturated carbocycles. The Morgan fingerprint density at radius 3 is 2.21 bits per heavy atom. The summed E-state index contributed by atoms with van der Waals surface area (Å²) in [4.78, 5) is 0. The van der Waals surface area contributed by atoms with Crippen LogP contribution in [0, 0.1) is 5.92 Å². The van der Waals surface area contributed by atoms with Crippen LogP contribution < -0.4 is 5.32 Å². The van der Waals surface area contributed by atoms with Crippen LogP contribution in [0.25, 0.3) is 0 Å². The van der Waals surface area contributed by atoms with Gasteiger partial charge in [0.15, 0.2) is 0 Å². The van der Waals surface area contributed by atoms with Gasteiger partial charge in [-0.05, 0) is 25.3 Å². The maximum Gasteiger partial charge on any atom is 0.253 e. The van der Waals surface area contributed by atoms with E-state index in [2.05, 4.69) is 12.2 Å². The maximum atomic E-state index is 12.6. The molecule has 2 atom stereocenters. The van der Waals surface area contributed by atoms with E-state index in [9.17, 15) is 8.78 Å². The van der Waals surface area contributed by atoms with Crippen LogP contribution in [-0.2, 0) is 0 Å². The lowest BCUT2D eigenvalue weighted by Gasteiger charge is -2.21. The number of alkyl halides is 2. The summed E-state index contributed by atoms with van der Waals surface area (Å²) in [5, 5.41) is 2.91. The van der Waals surface area contributed by atoms with Crippen LogP contribution in [-0.4, -0.2) is 19.0 Å². The molecule has 0 aliphatic heterocycles. The highest BCUT2D eigenvalue weighted by molar-refractivity contribution is 4.72. The molecule has 0 radical (unpaired) electrons. The summed E-state index contributed by atoms with van der Waals surface area (Å²) in [7, 11) is 0. The molecule has 1 nitrogen and oxygen atoms in total. The molecule has 2 unspecified atom stereocenters. The van der Waals surface area contributed by atoms with E-state index in [1.54, 1.807) is 0 Å². The van der Waals surface area contributed by atoms with Gasteiger partial charge >= 0.3 is 0 Å². The molecule has 0 rings (SSSR count). The van der Waals surface area contributed by atoms with Crippen molar-refractivity contribution in [2.24, 2.45) is 5.92 Å². The van der Waals surface area contributed by atoms with Gasteiger partial charge in [0.05, 0.1) is 6.04 Å². The highest BCUT2D eigenvalue weighted by atomic mass is 19.3. The minimum atomic E-state index is -2.24. The standard InChI is InChI=1S/C11H23F2N/c1-4-6-9(3)8-10(11(12)13)14-7-5-2/h9-11,14H,4-8H2,1-3H3. The van der Waals surface area contributed by atoms with E-state index in [-0.39, 0.29) is 0 Å². The van der Waals surface area contributed by atoms with Crippen LogP contribution in [0.5, 0.6) is 0 Å². The predicted octanol–water partition coefficient (Wildman–Crippen LogP) is 3.45. The normalized spacial score (nSPS) is 15.9. The second-order valence-electron chi connectivity index (χ2n) is 4.02. The van der Waals surface area contributed by atoms with Crippen LogP contribution in [0.4, 0.5) is 8.78 Å². The van der Waals surface area contributed by atoms with Crippen molar-refractivity contribution in [3.63, 3.8) is 0 Å². The molecule has 0 amide bonds. The lowest BCUT2D eigenvalue weighted by molar-refractivity contribution is 0.0860. The number of rotatable bonds is 8. The lowest BCUT2D eigenvalue weighted by Crippen LogP contribution is -2.37. The lowest BCUT2D eigenvalue weighted by atomic mass is 9.97. The highest BCUT2D eigenvalue weighted by Gasteiger charge is 2.21. The van der Waals surface area contributed by atoms with Crippen molar-refractivity contribution >= 4 is 0 Å². The number of nitrogens with one attached hydrogen (secondary N) is 1. The first-order chi connectivity index (χ1) is 6.61. The largest absolute Gasteiger partial charge is 0.309 e. The molecule has 3 heteroatoms. The highest BCUT2D eigenvalue weighted by Crippen LogP contribution is 2.16. The zero-order valence-electron chi connectivity index (χ0n) is 9.52. The van der Waals surface area contributed by atoms with Gasteiger partial charge in [0.1, 0.15) is 0 Å². The van der Waals surface area contributed by atoms with E-state index >= 15 is 0 Å². The molecule has 0 heterocycles. The molecule has 0 spiro atoms. The summed E-state index contributed by atoms with van der Waals surface area (Å²) in [6.07, 6.45) is 1.37. The Hall–Kier alpha value is -0.180. The third-order valence-electron chi connectivity index (χ3n) is 2.40. The number of hydrogen-bond donors (Lipinski definition) is 1. The molecule has 0 fully saturated rings. The van der Waals surface area contributed by atoms with Crippen molar-refractivity contribution in [1.29, 1.82) is 0 Å². The first-order valence-electron chi connectivity index (χ1n) is 5.63. The molecule has 0 aromatic rings. The van der Waals surface area contributed by atoms with Crippen molar-refractivity contribution < 1.29 is 8.78 Å². The van der Waals surface area contributed by atoms with Crippen molar-refractivity contribution in [1.82, 2.24) is 5.32 Å². The van der Waals surface area contributed by atoms with Crippen LogP contribution in [0.1, 0.15) is 46.5 Å². The SMILES string of the molecule is CCCNC(CC(C)CCC)C(F)F. The Balaban J connectivity index is 3.82. The number of halogens is 2. The molecule has 1 N–H and O–H groups in total. The fourth-order valence-corrected chi connectivity index (χ4v) is 1.65. The van der Waals surface area contributed by atoms with E-state index in [0.717, 1.165) is 19.3 Å². The first kappa shape index (κ1) is 13.8. The molecule has 0 aromatic heterocycles. The van der Waals surface area contributed by atoms with Gasteiger partial charge in [0.25, 0.3) is 6.43 Å². The van der Waals surface area contributed by atoms with E-state index in [1.807, 2.05) is 13.8 Å². The van der Waals surface area contributed by atoms with Crippen molar-refractivity contribution in [2.45, 2.75) is 58.9 Å². The van der Waals surface area contributed by atoms with E-state index in [1.165, 1.54) is 0 Å². The quantitative estimate of drug-likeness (QED) is 0.643. The molecule has 0 saturated heterocycles. The average Bonchev–Trinajstić information content (AvgIpc) is 2.12. The van der Waals surface area contributed by atoms with Crippen LogP contribution >= 0.6 is 0 Å². The third-order valence-corrected chi connectivity index (χ3v) is 2.40. The van der Waals surface area contributed by atoms with Gasteiger partial charge in [0.2, 0.25) is 0 Å². The van der Waals surface area contributed by atoms with E-state index in [4.69, 9.17) is 0 Å². The maximum absolute atomic E-state index is 12.6. The Bertz CT molecular complexity index is 128. The fraction of sp³-hybridized carbons (Fsp3) is 1.00. The minimum absolute atomic E-state index is 0.392. The van der Waals surface area contributed by atoms with E-state index < -0.39 is 12.5 Å². The molecule has 0 bridgehead atoms. The van der Waals surface area contributed by atoms with Gasteiger partial charge in [-0.3, -0.25) is 0 Å². The monoisotopic (exact) mass is 207 g/mol. The van der Waals surface area contributed by atoms with Gasteiger partial charge < -0.3 is 5.32 Å². The Labute approximate surface area is 86.3 Å². The molecule has 86 valence electrons. The summed E-state index contributed by atoms with van der Waals surface area (Å²) in [6, 6.07) is -0.614. The van der Waals surface area contributed by atoms with Crippen LogP contribution in [0.15, 0.2) is 0 Å². The van der Waals surface area contributed by atoms with Crippen LogP contribution in [0.3, 0.4) is 0 Å². The Morgan fingerprint density at radius 2 is 1.79 bits per heavy atom.